The molecule has 0 aliphatic carbocycles. The molecule has 2 saturated heterocycles. The van der Waals surface area contributed by atoms with Gasteiger partial charge in [0.05, 0.1) is 25.5 Å². The number of hydrogen-bond acceptors (Lipinski definition) is 6. The SMILES string of the molecule is COc1cc(OC)nc(N2CC3CN(C(=O)c4ccccc4-n4cccn4)CC3C2)c1. The lowest BCUT2D eigenvalue weighted by Gasteiger charge is -2.23. The van der Waals surface area contributed by atoms with Gasteiger partial charge >= 0.3 is 0 Å². The van der Waals surface area contributed by atoms with Gasteiger partial charge in [-0.1, -0.05) is 12.1 Å². The highest BCUT2D eigenvalue weighted by atomic mass is 16.5. The minimum atomic E-state index is 0.0632. The molecule has 2 aliphatic rings. The zero-order chi connectivity index (χ0) is 21.4. The van der Waals surface area contributed by atoms with E-state index in [0.717, 1.165) is 43.4 Å². The van der Waals surface area contributed by atoms with E-state index in [-0.39, 0.29) is 5.91 Å². The molecule has 2 aliphatic heterocycles. The van der Waals surface area contributed by atoms with E-state index in [1.165, 1.54) is 0 Å². The van der Waals surface area contributed by atoms with Gasteiger partial charge in [-0.05, 0) is 18.2 Å². The molecule has 2 fully saturated rings. The summed E-state index contributed by atoms with van der Waals surface area (Å²) in [5.41, 5.74) is 1.49. The predicted molar refractivity (Wildman–Crippen MR) is 116 cm³/mol. The smallest absolute Gasteiger partial charge is 0.256 e. The minimum absolute atomic E-state index is 0.0632. The molecule has 5 rings (SSSR count). The van der Waals surface area contributed by atoms with Gasteiger partial charge in [0, 0.05) is 62.5 Å². The van der Waals surface area contributed by atoms with Crippen molar-refractivity contribution in [1.82, 2.24) is 19.7 Å². The van der Waals surface area contributed by atoms with Crippen LogP contribution in [0.3, 0.4) is 0 Å². The Morgan fingerprint density at radius 1 is 1.00 bits per heavy atom. The van der Waals surface area contributed by atoms with Crippen molar-refractivity contribution in [3.8, 4) is 17.3 Å². The highest BCUT2D eigenvalue weighted by Crippen LogP contribution is 2.36. The summed E-state index contributed by atoms with van der Waals surface area (Å²) >= 11 is 0. The zero-order valence-electron chi connectivity index (χ0n) is 17.6. The Balaban J connectivity index is 1.31. The van der Waals surface area contributed by atoms with Crippen LogP contribution in [0.25, 0.3) is 5.69 Å². The summed E-state index contributed by atoms with van der Waals surface area (Å²) in [5, 5.41) is 4.30. The summed E-state index contributed by atoms with van der Waals surface area (Å²) in [6, 6.07) is 13.2. The lowest BCUT2D eigenvalue weighted by molar-refractivity contribution is 0.0782. The number of hydrogen-bond donors (Lipinski definition) is 0. The molecular formula is C23H25N5O3. The second kappa shape index (κ2) is 7.94. The summed E-state index contributed by atoms with van der Waals surface area (Å²) in [5.74, 6) is 3.02. The van der Waals surface area contributed by atoms with Crippen LogP contribution in [0.4, 0.5) is 5.82 Å². The molecule has 1 amide bonds. The number of nitrogens with zero attached hydrogens (tertiary/aromatic N) is 5. The van der Waals surface area contributed by atoms with Crippen molar-refractivity contribution in [2.75, 3.05) is 45.3 Å². The number of fused-ring (bicyclic) bond motifs is 1. The van der Waals surface area contributed by atoms with Gasteiger partial charge in [0.15, 0.2) is 0 Å². The third kappa shape index (κ3) is 3.58. The summed E-state index contributed by atoms with van der Waals surface area (Å²) in [7, 11) is 3.25. The number of pyridine rings is 1. The molecule has 0 bridgehead atoms. The van der Waals surface area contributed by atoms with Gasteiger partial charge in [-0.3, -0.25) is 4.79 Å². The van der Waals surface area contributed by atoms with Crippen LogP contribution >= 0.6 is 0 Å². The zero-order valence-corrected chi connectivity index (χ0v) is 17.6. The van der Waals surface area contributed by atoms with Gasteiger partial charge in [-0.25, -0.2) is 4.68 Å². The first-order chi connectivity index (χ1) is 15.2. The number of benzene rings is 1. The lowest BCUT2D eigenvalue weighted by Crippen LogP contribution is -2.34. The molecule has 0 radical (unpaired) electrons. The quantitative estimate of drug-likeness (QED) is 0.633. The van der Waals surface area contributed by atoms with Crippen molar-refractivity contribution in [2.45, 2.75) is 0 Å². The van der Waals surface area contributed by atoms with Crippen LogP contribution < -0.4 is 14.4 Å². The van der Waals surface area contributed by atoms with Crippen LogP contribution in [0.5, 0.6) is 11.6 Å². The van der Waals surface area contributed by atoms with Crippen molar-refractivity contribution >= 4 is 11.7 Å². The molecule has 4 heterocycles. The fourth-order valence-corrected chi connectivity index (χ4v) is 4.63. The van der Waals surface area contributed by atoms with Gasteiger partial charge in [0.2, 0.25) is 5.88 Å². The second-order valence-electron chi connectivity index (χ2n) is 8.01. The van der Waals surface area contributed by atoms with Crippen LogP contribution in [0.1, 0.15) is 10.4 Å². The van der Waals surface area contributed by atoms with E-state index in [1.807, 2.05) is 47.5 Å². The molecule has 31 heavy (non-hydrogen) atoms. The maximum absolute atomic E-state index is 13.3. The number of carbonyl (C=O) groups is 1. The number of para-hydroxylation sites is 1. The van der Waals surface area contributed by atoms with Crippen molar-refractivity contribution in [3.05, 3.63) is 60.4 Å². The van der Waals surface area contributed by atoms with Crippen molar-refractivity contribution in [3.63, 3.8) is 0 Å². The van der Waals surface area contributed by atoms with Gasteiger partial charge in [-0.2, -0.15) is 10.1 Å². The molecule has 2 aromatic heterocycles. The van der Waals surface area contributed by atoms with Crippen LogP contribution in [-0.4, -0.2) is 66.0 Å². The Hall–Kier alpha value is -3.55. The number of carbonyl (C=O) groups excluding carboxylic acids is 1. The number of ether oxygens (including phenoxy) is 2. The fourth-order valence-electron chi connectivity index (χ4n) is 4.63. The van der Waals surface area contributed by atoms with E-state index < -0.39 is 0 Å². The first kappa shape index (κ1) is 19.4. The summed E-state index contributed by atoms with van der Waals surface area (Å²) in [6.07, 6.45) is 3.58. The number of rotatable bonds is 5. The van der Waals surface area contributed by atoms with Gasteiger partial charge in [0.25, 0.3) is 5.91 Å². The predicted octanol–water partition coefficient (Wildman–Crippen LogP) is 2.49. The maximum Gasteiger partial charge on any atom is 0.256 e. The number of anilines is 1. The van der Waals surface area contributed by atoms with Crippen LogP contribution in [-0.2, 0) is 0 Å². The molecule has 160 valence electrons. The molecule has 3 aromatic rings. The number of methoxy groups -OCH3 is 2. The van der Waals surface area contributed by atoms with E-state index in [9.17, 15) is 4.79 Å². The Labute approximate surface area is 181 Å². The summed E-state index contributed by atoms with van der Waals surface area (Å²) in [6.45, 7) is 3.21. The standard InChI is InChI=1S/C23H25N5O3/c1-30-18-10-21(25-22(11-18)31-2)26-12-16-14-27(15-17(16)13-26)23(29)19-6-3-4-7-20(19)28-9-5-8-24-28/h3-11,16-17H,12-15H2,1-2H3. The second-order valence-corrected chi connectivity index (χ2v) is 8.01. The Morgan fingerprint density at radius 2 is 1.77 bits per heavy atom. The van der Waals surface area contributed by atoms with E-state index in [1.54, 1.807) is 31.2 Å². The maximum atomic E-state index is 13.3. The number of amides is 1. The fraction of sp³-hybridized carbons (Fsp3) is 0.348. The van der Waals surface area contributed by atoms with Gasteiger partial charge < -0.3 is 19.3 Å². The molecule has 2 atom stereocenters. The van der Waals surface area contributed by atoms with Gasteiger partial charge in [0.1, 0.15) is 11.6 Å². The van der Waals surface area contributed by atoms with Crippen molar-refractivity contribution in [2.24, 2.45) is 11.8 Å². The number of likely N-dealkylation sites (tertiary alicyclic amines) is 1. The summed E-state index contributed by atoms with van der Waals surface area (Å²) < 4.78 is 12.4. The third-order valence-corrected chi connectivity index (χ3v) is 6.19. The number of aromatic nitrogens is 3. The average molecular weight is 419 g/mol. The first-order valence-corrected chi connectivity index (χ1v) is 10.4. The third-order valence-electron chi connectivity index (χ3n) is 6.19. The van der Waals surface area contributed by atoms with E-state index in [0.29, 0.717) is 23.3 Å². The van der Waals surface area contributed by atoms with Crippen molar-refractivity contribution < 1.29 is 14.3 Å². The Bertz CT molecular complexity index is 1050. The normalized spacial score (nSPS) is 20.1. The lowest BCUT2D eigenvalue weighted by atomic mass is 10.0. The first-order valence-electron chi connectivity index (χ1n) is 10.4. The molecule has 1 aromatic carbocycles. The Morgan fingerprint density at radius 3 is 2.45 bits per heavy atom. The molecule has 8 heteroatoms. The van der Waals surface area contributed by atoms with E-state index in [2.05, 4.69) is 15.0 Å². The highest BCUT2D eigenvalue weighted by Gasteiger charge is 2.42. The molecule has 8 nitrogen and oxygen atoms in total. The van der Waals surface area contributed by atoms with Crippen molar-refractivity contribution in [1.29, 1.82) is 0 Å². The monoisotopic (exact) mass is 419 g/mol. The topological polar surface area (TPSA) is 72.7 Å². The molecule has 0 spiro atoms. The van der Waals surface area contributed by atoms with E-state index in [4.69, 9.17) is 9.47 Å². The molecule has 2 unspecified atom stereocenters. The van der Waals surface area contributed by atoms with Crippen LogP contribution in [0.2, 0.25) is 0 Å². The van der Waals surface area contributed by atoms with Crippen LogP contribution in [0.15, 0.2) is 54.9 Å². The van der Waals surface area contributed by atoms with Gasteiger partial charge in [-0.15, -0.1) is 0 Å². The Kier molecular flexibility index (Phi) is 4.97. The van der Waals surface area contributed by atoms with E-state index >= 15 is 0 Å². The highest BCUT2D eigenvalue weighted by molar-refractivity contribution is 5.98. The largest absolute Gasteiger partial charge is 0.496 e. The molecule has 0 saturated carbocycles. The average Bonchev–Trinajstić information content (AvgIpc) is 3.55. The minimum Gasteiger partial charge on any atom is -0.496 e. The molecule has 0 N–H and O–H groups in total. The van der Waals surface area contributed by atoms with Crippen LogP contribution in [0, 0.1) is 11.8 Å². The molecular weight excluding hydrogens is 394 g/mol. The summed E-state index contributed by atoms with van der Waals surface area (Å²) in [4.78, 5) is 22.2.